The smallest absolute Gasteiger partial charge is 0.188 e. The monoisotopic (exact) mass is 374 g/mol. The molecule has 4 aromatic rings. The van der Waals surface area contributed by atoms with Crippen LogP contribution in [0.5, 0.6) is 0 Å². The lowest BCUT2D eigenvalue weighted by Crippen LogP contribution is -2.40. The van der Waals surface area contributed by atoms with E-state index in [0.29, 0.717) is 6.04 Å². The lowest BCUT2D eigenvalue weighted by atomic mass is 9.83. The van der Waals surface area contributed by atoms with Gasteiger partial charge in [0.1, 0.15) is 0 Å². The fourth-order valence-corrected chi connectivity index (χ4v) is 4.88. The van der Waals surface area contributed by atoms with Gasteiger partial charge in [0.15, 0.2) is 6.04 Å². The third-order valence-corrected chi connectivity index (χ3v) is 6.38. The van der Waals surface area contributed by atoms with Crippen LogP contribution in [0.1, 0.15) is 30.0 Å². The second-order valence-corrected chi connectivity index (χ2v) is 8.26. The number of aryl methyl sites for hydroxylation is 1. The van der Waals surface area contributed by atoms with Gasteiger partial charge < -0.3 is 0 Å². The SMILES string of the molecule is c1ccc(-c2cc(-c3ccccc3)[n+](C3CC3)c3c2CCc2ccccc2-3)cc1. The summed E-state index contributed by atoms with van der Waals surface area (Å²) in [5, 5.41) is 0. The van der Waals surface area contributed by atoms with Crippen molar-refractivity contribution in [2.24, 2.45) is 0 Å². The third kappa shape index (κ3) is 2.81. The molecule has 2 aliphatic carbocycles. The average molecular weight is 375 g/mol. The number of rotatable bonds is 3. The highest BCUT2D eigenvalue weighted by Crippen LogP contribution is 2.42. The Balaban J connectivity index is 1.73. The van der Waals surface area contributed by atoms with Crippen molar-refractivity contribution >= 4 is 0 Å². The minimum absolute atomic E-state index is 0.620. The highest BCUT2D eigenvalue weighted by Gasteiger charge is 2.41. The summed E-state index contributed by atoms with van der Waals surface area (Å²) in [5.74, 6) is 0. The van der Waals surface area contributed by atoms with Crippen LogP contribution in [0.3, 0.4) is 0 Å². The topological polar surface area (TPSA) is 3.88 Å². The van der Waals surface area contributed by atoms with Crippen molar-refractivity contribution in [2.45, 2.75) is 31.7 Å². The van der Waals surface area contributed by atoms with Gasteiger partial charge in [-0.1, -0.05) is 66.7 Å². The molecule has 0 amide bonds. The van der Waals surface area contributed by atoms with E-state index >= 15 is 0 Å². The molecule has 0 atom stereocenters. The van der Waals surface area contributed by atoms with Gasteiger partial charge >= 0.3 is 0 Å². The van der Waals surface area contributed by atoms with Crippen LogP contribution in [0.4, 0.5) is 0 Å². The first-order valence-electron chi connectivity index (χ1n) is 10.7. The van der Waals surface area contributed by atoms with Gasteiger partial charge in [0.2, 0.25) is 11.4 Å². The molecule has 3 aromatic carbocycles. The molecule has 1 aromatic heterocycles. The Labute approximate surface area is 172 Å². The zero-order valence-corrected chi connectivity index (χ0v) is 16.5. The summed E-state index contributed by atoms with van der Waals surface area (Å²) in [5.41, 5.74) is 11.3. The summed E-state index contributed by atoms with van der Waals surface area (Å²) in [7, 11) is 0. The molecular formula is C28H24N+. The molecule has 29 heavy (non-hydrogen) atoms. The zero-order valence-electron chi connectivity index (χ0n) is 16.5. The summed E-state index contributed by atoms with van der Waals surface area (Å²) < 4.78 is 2.66. The molecule has 0 unspecified atom stereocenters. The van der Waals surface area contributed by atoms with Crippen molar-refractivity contribution in [1.82, 2.24) is 0 Å². The molecular weight excluding hydrogens is 350 g/mol. The quantitative estimate of drug-likeness (QED) is 0.365. The summed E-state index contributed by atoms with van der Waals surface area (Å²) in [6.45, 7) is 0. The normalized spacial score (nSPS) is 14.9. The summed E-state index contributed by atoms with van der Waals surface area (Å²) in [4.78, 5) is 0. The number of nitrogens with zero attached hydrogens (tertiary/aromatic N) is 1. The van der Waals surface area contributed by atoms with Gasteiger partial charge in [0, 0.05) is 35.6 Å². The summed E-state index contributed by atoms with van der Waals surface area (Å²) in [6, 6.07) is 34.0. The van der Waals surface area contributed by atoms with Crippen LogP contribution in [0.25, 0.3) is 33.6 Å². The van der Waals surface area contributed by atoms with Crippen LogP contribution in [-0.4, -0.2) is 0 Å². The summed E-state index contributed by atoms with van der Waals surface area (Å²) in [6.07, 6.45) is 4.80. The van der Waals surface area contributed by atoms with Crippen LogP contribution >= 0.6 is 0 Å². The molecule has 6 rings (SSSR count). The highest BCUT2D eigenvalue weighted by molar-refractivity contribution is 5.80. The van der Waals surface area contributed by atoms with E-state index in [0.717, 1.165) is 12.8 Å². The van der Waals surface area contributed by atoms with E-state index in [-0.39, 0.29) is 0 Å². The number of pyridine rings is 1. The molecule has 1 fully saturated rings. The second-order valence-electron chi connectivity index (χ2n) is 8.26. The van der Waals surface area contributed by atoms with E-state index in [1.54, 1.807) is 0 Å². The van der Waals surface area contributed by atoms with Crippen LogP contribution in [0, 0.1) is 0 Å². The Morgan fingerprint density at radius 2 is 1.28 bits per heavy atom. The van der Waals surface area contributed by atoms with Crippen LogP contribution in [0.2, 0.25) is 0 Å². The molecule has 1 heterocycles. The van der Waals surface area contributed by atoms with Gasteiger partial charge in [-0.2, -0.15) is 4.57 Å². The molecule has 2 aliphatic rings. The molecule has 0 N–H and O–H groups in total. The Hall–Kier alpha value is -3.19. The minimum Gasteiger partial charge on any atom is -0.188 e. The van der Waals surface area contributed by atoms with Crippen molar-refractivity contribution in [2.75, 3.05) is 0 Å². The fraction of sp³-hybridized carbons (Fsp3) is 0.179. The predicted molar refractivity (Wildman–Crippen MR) is 119 cm³/mol. The van der Waals surface area contributed by atoms with E-state index in [1.807, 2.05) is 0 Å². The molecule has 0 bridgehead atoms. The first kappa shape index (κ1) is 16.7. The van der Waals surface area contributed by atoms with Gasteiger partial charge in [0.05, 0.1) is 0 Å². The Morgan fingerprint density at radius 3 is 2.00 bits per heavy atom. The molecule has 0 saturated heterocycles. The fourth-order valence-electron chi connectivity index (χ4n) is 4.88. The number of aromatic nitrogens is 1. The van der Waals surface area contributed by atoms with E-state index in [1.165, 1.54) is 57.6 Å². The van der Waals surface area contributed by atoms with Crippen molar-refractivity contribution in [3.8, 4) is 33.6 Å². The number of hydrogen-bond acceptors (Lipinski definition) is 0. The second kappa shape index (κ2) is 6.70. The van der Waals surface area contributed by atoms with Gasteiger partial charge in [-0.15, -0.1) is 0 Å². The Morgan fingerprint density at radius 1 is 0.621 bits per heavy atom. The predicted octanol–water partition coefficient (Wildman–Crippen LogP) is 6.41. The van der Waals surface area contributed by atoms with E-state index < -0.39 is 0 Å². The highest BCUT2D eigenvalue weighted by atomic mass is 15.1. The van der Waals surface area contributed by atoms with Crippen molar-refractivity contribution in [3.05, 3.63) is 102 Å². The molecule has 0 radical (unpaired) electrons. The summed E-state index contributed by atoms with van der Waals surface area (Å²) >= 11 is 0. The maximum atomic E-state index is 2.66. The van der Waals surface area contributed by atoms with Gasteiger partial charge in [-0.3, -0.25) is 0 Å². The maximum absolute atomic E-state index is 2.66. The largest absolute Gasteiger partial charge is 0.217 e. The van der Waals surface area contributed by atoms with Crippen molar-refractivity contribution < 1.29 is 4.57 Å². The molecule has 1 saturated carbocycles. The molecule has 140 valence electrons. The van der Waals surface area contributed by atoms with Crippen LogP contribution in [-0.2, 0) is 12.8 Å². The van der Waals surface area contributed by atoms with Crippen molar-refractivity contribution in [1.29, 1.82) is 0 Å². The molecule has 1 nitrogen and oxygen atoms in total. The van der Waals surface area contributed by atoms with Gasteiger partial charge in [-0.05, 0) is 47.7 Å². The molecule has 0 spiro atoms. The average Bonchev–Trinajstić information content (AvgIpc) is 3.64. The van der Waals surface area contributed by atoms with Gasteiger partial charge in [-0.25, -0.2) is 0 Å². The Bertz CT molecular complexity index is 1190. The van der Waals surface area contributed by atoms with E-state index in [2.05, 4.69) is 95.6 Å². The van der Waals surface area contributed by atoms with Crippen LogP contribution < -0.4 is 4.57 Å². The zero-order chi connectivity index (χ0) is 19.2. The van der Waals surface area contributed by atoms with E-state index in [9.17, 15) is 0 Å². The first-order valence-corrected chi connectivity index (χ1v) is 10.7. The van der Waals surface area contributed by atoms with Gasteiger partial charge in [0.25, 0.3) is 0 Å². The number of fused-ring (bicyclic) bond motifs is 3. The van der Waals surface area contributed by atoms with Crippen molar-refractivity contribution in [3.63, 3.8) is 0 Å². The Kier molecular flexibility index (Phi) is 3.87. The minimum atomic E-state index is 0.620. The number of hydrogen-bond donors (Lipinski definition) is 0. The first-order chi connectivity index (χ1) is 14.4. The lowest BCUT2D eigenvalue weighted by molar-refractivity contribution is -0.679. The number of benzene rings is 3. The standard InChI is InChI=1S/C28H24N/c1-3-9-20(10-4-1)26-19-27(22-12-5-2-6-13-22)29(23-16-17-23)28-24-14-8-7-11-21(24)15-18-25(26)28/h1-14,19,23H,15-18H2/q+1. The maximum Gasteiger partial charge on any atom is 0.217 e. The molecule has 1 heteroatoms. The van der Waals surface area contributed by atoms with E-state index in [4.69, 9.17) is 0 Å². The third-order valence-electron chi connectivity index (χ3n) is 6.38. The lowest BCUT2D eigenvalue weighted by Gasteiger charge is -2.23. The van der Waals surface area contributed by atoms with Crippen LogP contribution in [0.15, 0.2) is 91.0 Å². The molecule has 0 aliphatic heterocycles.